The fourth-order valence-corrected chi connectivity index (χ4v) is 7.35. The molecule has 2 saturated heterocycles. The molecule has 0 radical (unpaired) electrons. The monoisotopic (exact) mass is 497 g/mol. The highest BCUT2D eigenvalue weighted by Crippen LogP contribution is 2.38. The number of carbonyl (C=O) groups is 1. The summed E-state index contributed by atoms with van der Waals surface area (Å²) in [6, 6.07) is 8.64. The molecule has 10 heteroatoms. The molecule has 1 amide bonds. The van der Waals surface area contributed by atoms with E-state index in [0.717, 1.165) is 12.1 Å². The molecule has 2 bridgehead atoms. The summed E-state index contributed by atoms with van der Waals surface area (Å²) < 4.78 is 34.4. The highest BCUT2D eigenvalue weighted by molar-refractivity contribution is 7.89. The zero-order valence-electron chi connectivity index (χ0n) is 17.7. The predicted molar refractivity (Wildman–Crippen MR) is 122 cm³/mol. The van der Waals surface area contributed by atoms with Crippen molar-refractivity contribution in [3.63, 3.8) is 0 Å². The van der Waals surface area contributed by atoms with E-state index in [-0.39, 0.29) is 32.8 Å². The Balaban J connectivity index is 1.76. The Morgan fingerprint density at radius 2 is 1.91 bits per heavy atom. The van der Waals surface area contributed by atoms with Gasteiger partial charge in [0, 0.05) is 41.9 Å². The molecule has 2 unspecified atom stereocenters. The Morgan fingerprint density at radius 3 is 2.56 bits per heavy atom. The van der Waals surface area contributed by atoms with E-state index in [2.05, 4.69) is 4.98 Å². The summed E-state index contributed by atoms with van der Waals surface area (Å²) >= 11 is 12.2. The van der Waals surface area contributed by atoms with Crippen LogP contribution in [-0.4, -0.2) is 60.9 Å². The minimum absolute atomic E-state index is 0.00552. The van der Waals surface area contributed by atoms with Crippen LogP contribution in [0.3, 0.4) is 0 Å². The first-order chi connectivity index (χ1) is 15.3. The minimum Gasteiger partial charge on any atom is -0.384 e. The Kier molecular flexibility index (Phi) is 7.07. The van der Waals surface area contributed by atoms with E-state index in [1.807, 2.05) is 18.2 Å². The van der Waals surface area contributed by atoms with Crippen molar-refractivity contribution in [2.75, 3.05) is 20.3 Å². The largest absolute Gasteiger partial charge is 0.384 e. The second-order valence-electron chi connectivity index (χ2n) is 8.21. The molecule has 7 nitrogen and oxygen atoms in total. The Morgan fingerprint density at radius 1 is 1.16 bits per heavy atom. The van der Waals surface area contributed by atoms with Gasteiger partial charge in [-0.05, 0) is 49.6 Å². The molecular formula is C22H25Cl2N3O4S. The summed E-state index contributed by atoms with van der Waals surface area (Å²) in [6.07, 6.45) is 3.56. The maximum Gasteiger partial charge on any atom is 0.244 e. The van der Waals surface area contributed by atoms with Crippen LogP contribution in [0.15, 0.2) is 47.5 Å². The Bertz CT molecular complexity index is 1060. The van der Waals surface area contributed by atoms with Gasteiger partial charge in [-0.2, -0.15) is 4.31 Å². The van der Waals surface area contributed by atoms with Gasteiger partial charge in [0.05, 0.1) is 23.7 Å². The third kappa shape index (κ3) is 4.65. The van der Waals surface area contributed by atoms with Crippen molar-refractivity contribution in [1.29, 1.82) is 0 Å². The number of carbonyl (C=O) groups excluding carboxylic acids is 1. The quantitative estimate of drug-likeness (QED) is 0.608. The minimum atomic E-state index is -4.02. The van der Waals surface area contributed by atoms with Crippen molar-refractivity contribution in [2.45, 2.75) is 42.8 Å². The molecule has 2 aromatic rings. The Hall–Kier alpha value is -1.71. The van der Waals surface area contributed by atoms with Crippen LogP contribution in [0, 0.1) is 5.92 Å². The molecule has 1 aromatic heterocycles. The SMILES string of the molecule is COC[C@H]1CN(Cc2ccccn2)C(=O)C2CCCC1N2S(=O)(=O)c1cc(Cl)cc(Cl)c1. The lowest BCUT2D eigenvalue weighted by atomic mass is 9.91. The van der Waals surface area contributed by atoms with Crippen LogP contribution in [0.2, 0.25) is 10.0 Å². The van der Waals surface area contributed by atoms with E-state index < -0.39 is 16.1 Å². The molecule has 3 atom stereocenters. The van der Waals surface area contributed by atoms with Crippen LogP contribution < -0.4 is 0 Å². The van der Waals surface area contributed by atoms with Crippen LogP contribution in [0.25, 0.3) is 0 Å². The van der Waals surface area contributed by atoms with Crippen LogP contribution in [0.1, 0.15) is 25.0 Å². The molecule has 4 rings (SSSR count). The molecule has 2 fully saturated rings. The van der Waals surface area contributed by atoms with Crippen molar-refractivity contribution in [1.82, 2.24) is 14.2 Å². The third-order valence-corrected chi connectivity index (χ3v) is 8.43. The zero-order valence-corrected chi connectivity index (χ0v) is 20.0. The first-order valence-electron chi connectivity index (χ1n) is 10.5. The first kappa shape index (κ1) is 23.4. The number of pyridine rings is 1. The second kappa shape index (κ2) is 9.65. The summed E-state index contributed by atoms with van der Waals surface area (Å²) in [7, 11) is -2.44. The van der Waals surface area contributed by atoms with E-state index >= 15 is 0 Å². The maximum atomic E-state index is 13.8. The van der Waals surface area contributed by atoms with Crippen molar-refractivity contribution >= 4 is 39.1 Å². The molecule has 0 aliphatic carbocycles. The van der Waals surface area contributed by atoms with Gasteiger partial charge in [0.1, 0.15) is 6.04 Å². The van der Waals surface area contributed by atoms with Gasteiger partial charge in [0.15, 0.2) is 0 Å². The number of ether oxygens (including phenoxy) is 1. The lowest BCUT2D eigenvalue weighted by Crippen LogP contribution is -2.55. The van der Waals surface area contributed by atoms with E-state index in [1.54, 1.807) is 18.2 Å². The fraction of sp³-hybridized carbons (Fsp3) is 0.455. The second-order valence-corrected chi connectivity index (χ2v) is 10.9. The number of halogens is 2. The number of fused-ring (bicyclic) bond motifs is 2. The van der Waals surface area contributed by atoms with Gasteiger partial charge in [-0.3, -0.25) is 9.78 Å². The molecule has 2 aliphatic rings. The third-order valence-electron chi connectivity index (χ3n) is 6.08. The molecule has 0 N–H and O–H groups in total. The lowest BCUT2D eigenvalue weighted by molar-refractivity contribution is -0.135. The summed E-state index contributed by atoms with van der Waals surface area (Å²) in [5.41, 5.74) is 0.754. The summed E-state index contributed by atoms with van der Waals surface area (Å²) in [5, 5.41) is 0.459. The molecule has 32 heavy (non-hydrogen) atoms. The number of benzene rings is 1. The van der Waals surface area contributed by atoms with E-state index in [1.165, 1.54) is 22.5 Å². The van der Waals surface area contributed by atoms with Gasteiger partial charge < -0.3 is 9.64 Å². The summed E-state index contributed by atoms with van der Waals surface area (Å²) in [6.45, 7) is 1.05. The standard InChI is InChI=1S/C22H25Cl2N3O4S/c1-31-14-15-12-26(13-18-5-2-3-8-25-18)22(28)21-7-4-6-20(15)27(21)32(29,30)19-10-16(23)9-17(24)11-19/h2-3,5,8-11,15,20-21H,4,6-7,12-14H2,1H3/t15-,20?,21?/m1/s1. The highest BCUT2D eigenvalue weighted by atomic mass is 35.5. The molecule has 3 heterocycles. The number of rotatable bonds is 6. The number of hydrogen-bond donors (Lipinski definition) is 0. The molecule has 172 valence electrons. The lowest BCUT2D eigenvalue weighted by Gasteiger charge is -2.40. The number of nitrogens with zero attached hydrogens (tertiary/aromatic N) is 3. The van der Waals surface area contributed by atoms with Crippen LogP contribution in [0.4, 0.5) is 0 Å². The van der Waals surface area contributed by atoms with Gasteiger partial charge >= 0.3 is 0 Å². The molecule has 2 aliphatic heterocycles. The zero-order chi connectivity index (χ0) is 22.9. The number of aromatic nitrogens is 1. The number of piperidine rings is 1. The van der Waals surface area contributed by atoms with Crippen LogP contribution in [0.5, 0.6) is 0 Å². The van der Waals surface area contributed by atoms with Gasteiger partial charge in [0.25, 0.3) is 0 Å². The molecule has 1 aromatic carbocycles. The average Bonchev–Trinajstić information content (AvgIpc) is 2.82. The topological polar surface area (TPSA) is 79.8 Å². The van der Waals surface area contributed by atoms with E-state index in [4.69, 9.17) is 27.9 Å². The summed E-state index contributed by atoms with van der Waals surface area (Å²) in [4.78, 5) is 19.7. The Labute approximate surface area is 198 Å². The number of sulfonamides is 1. The maximum absolute atomic E-state index is 13.8. The number of hydrogen-bond acceptors (Lipinski definition) is 5. The van der Waals surface area contributed by atoms with Crippen molar-refractivity contribution < 1.29 is 17.9 Å². The molecule has 0 saturated carbocycles. The van der Waals surface area contributed by atoms with Gasteiger partial charge in [-0.15, -0.1) is 0 Å². The smallest absolute Gasteiger partial charge is 0.244 e. The van der Waals surface area contributed by atoms with E-state index in [0.29, 0.717) is 32.5 Å². The normalized spacial score (nSPS) is 24.4. The van der Waals surface area contributed by atoms with Crippen LogP contribution in [-0.2, 0) is 26.1 Å². The number of amides is 1. The fourth-order valence-electron chi connectivity index (χ4n) is 4.74. The summed E-state index contributed by atoms with van der Waals surface area (Å²) in [5.74, 6) is -0.391. The van der Waals surface area contributed by atoms with E-state index in [9.17, 15) is 13.2 Å². The van der Waals surface area contributed by atoms with Crippen LogP contribution >= 0.6 is 23.2 Å². The average molecular weight is 498 g/mol. The first-order valence-corrected chi connectivity index (χ1v) is 12.7. The van der Waals surface area contributed by atoms with Gasteiger partial charge in [-0.25, -0.2) is 8.42 Å². The van der Waals surface area contributed by atoms with Crippen molar-refractivity contribution in [2.24, 2.45) is 5.92 Å². The van der Waals surface area contributed by atoms with Crippen molar-refractivity contribution in [3.8, 4) is 0 Å². The number of methoxy groups -OCH3 is 1. The molecule has 0 spiro atoms. The van der Waals surface area contributed by atoms with Gasteiger partial charge in [-0.1, -0.05) is 29.3 Å². The van der Waals surface area contributed by atoms with Crippen molar-refractivity contribution in [3.05, 3.63) is 58.3 Å². The van der Waals surface area contributed by atoms with Gasteiger partial charge in [0.2, 0.25) is 15.9 Å². The predicted octanol–water partition coefficient (Wildman–Crippen LogP) is 3.61. The highest BCUT2D eigenvalue weighted by Gasteiger charge is 2.50. The molecular weight excluding hydrogens is 473 g/mol.